The molecule has 0 spiro atoms. The number of benzene rings is 3. The van der Waals surface area contributed by atoms with Gasteiger partial charge in [0.2, 0.25) is 0 Å². The zero-order valence-electron chi connectivity index (χ0n) is 12.9. The molecule has 1 N–H and O–H groups in total. The first kappa shape index (κ1) is 21.0. The van der Waals surface area contributed by atoms with Gasteiger partial charge in [0, 0.05) is 5.92 Å². The van der Waals surface area contributed by atoms with E-state index < -0.39 is 0 Å². The van der Waals surface area contributed by atoms with Gasteiger partial charge in [0.15, 0.2) is 0 Å². The molecule has 1 aliphatic carbocycles. The molecule has 0 radical (unpaired) electrons. The summed E-state index contributed by atoms with van der Waals surface area (Å²) >= 11 is 0. The average molecular weight is 391 g/mol. The summed E-state index contributed by atoms with van der Waals surface area (Å²) < 4.78 is 0. The van der Waals surface area contributed by atoms with Gasteiger partial charge in [-0.2, -0.15) is 0 Å². The van der Waals surface area contributed by atoms with Crippen LogP contribution >= 0.6 is 0 Å². The summed E-state index contributed by atoms with van der Waals surface area (Å²) in [5, 5.41) is 12.2. The van der Waals surface area contributed by atoms with Gasteiger partial charge in [-0.3, -0.25) is 0 Å². The van der Waals surface area contributed by atoms with Gasteiger partial charge in [-0.05, 0) is 33.0 Å². The second-order valence-electron chi connectivity index (χ2n) is 5.48. The van der Waals surface area contributed by atoms with Crippen LogP contribution in [0.25, 0.3) is 16.8 Å². The van der Waals surface area contributed by atoms with Crippen molar-refractivity contribution in [3.05, 3.63) is 89.0 Å². The third kappa shape index (κ3) is 3.47. The van der Waals surface area contributed by atoms with E-state index in [4.69, 9.17) is 0 Å². The summed E-state index contributed by atoms with van der Waals surface area (Å²) in [6.45, 7) is 0.0726. The van der Waals surface area contributed by atoms with Crippen LogP contribution in [0.5, 0.6) is 0 Å². The number of aliphatic hydroxyl groups excluding tert-OH is 1. The van der Waals surface area contributed by atoms with Crippen LogP contribution in [0.2, 0.25) is 0 Å². The van der Waals surface area contributed by atoms with Crippen molar-refractivity contribution in [1.82, 2.24) is 0 Å². The average Bonchev–Trinajstić information content (AvgIpc) is 2.97. The molecule has 1 aliphatic rings. The zero-order valence-corrected chi connectivity index (χ0v) is 16.0. The molecule has 0 aromatic heterocycles. The summed E-state index contributed by atoms with van der Waals surface area (Å²) in [4.78, 5) is 0. The number of allylic oxidation sites excluding steroid dienone is 1. The van der Waals surface area contributed by atoms with E-state index in [-0.39, 0.29) is 59.1 Å². The number of rotatable bonds is 2. The molecule has 0 fully saturated rings. The third-order valence-electron chi connectivity index (χ3n) is 4.37. The molecule has 0 heterocycles. The van der Waals surface area contributed by atoms with Crippen LogP contribution in [0.1, 0.15) is 28.2 Å². The molecule has 0 amide bonds. The Morgan fingerprint density at radius 1 is 0.792 bits per heavy atom. The second-order valence-corrected chi connectivity index (χ2v) is 5.48. The molecule has 24 heavy (non-hydrogen) atoms. The smallest absolute Gasteiger partial charge is 1.00 e. The van der Waals surface area contributed by atoms with E-state index in [2.05, 4.69) is 60.7 Å². The minimum absolute atomic E-state index is 0. The van der Waals surface area contributed by atoms with Crippen molar-refractivity contribution >= 4 is 16.8 Å². The van der Waals surface area contributed by atoms with E-state index in [1.54, 1.807) is 0 Å². The van der Waals surface area contributed by atoms with E-state index in [0.29, 0.717) is 0 Å². The van der Waals surface area contributed by atoms with Gasteiger partial charge in [-0.25, -0.2) is 0 Å². The maximum Gasteiger partial charge on any atom is 2.00 e. The molecular formula is C20H16Cl2OTi. The Morgan fingerprint density at radius 3 is 2.29 bits per heavy atom. The molecule has 3 aromatic rings. The topological polar surface area (TPSA) is 20.2 Å². The quantitative estimate of drug-likeness (QED) is 0.528. The number of hydrogen-bond acceptors (Lipinski definition) is 1. The Kier molecular flexibility index (Phi) is 7.73. The number of hydrogen-bond donors (Lipinski definition) is 1. The van der Waals surface area contributed by atoms with Gasteiger partial charge >= 0.3 is 21.7 Å². The first-order valence-electron chi connectivity index (χ1n) is 7.27. The Labute approximate surface area is 169 Å². The largest absolute Gasteiger partial charge is 2.00 e. The molecule has 0 aliphatic heterocycles. The Hall–Kier alpha value is -1.09. The van der Waals surface area contributed by atoms with Crippen molar-refractivity contribution < 1.29 is 51.6 Å². The molecule has 1 unspecified atom stereocenters. The van der Waals surface area contributed by atoms with Crippen LogP contribution in [0, 0.1) is 0 Å². The first-order valence-corrected chi connectivity index (χ1v) is 7.27. The standard InChI is InChI=1S/C20H16O.2ClH.Ti/c21-13-20-17-8-4-2-6-15(17)10-12-19(20)18-11-9-14-5-1-3-7-16(14)18;;;/h1-12,18,21H,13H2;2*1H;/q;;;+2/p-2. The molecule has 1 atom stereocenters. The van der Waals surface area contributed by atoms with Crippen LogP contribution in [-0.4, -0.2) is 5.11 Å². The SMILES string of the molecule is OCc1c(C2C=Cc3ccccc32)ccc2ccccc12.[Cl-].[Cl-].[Ti+2]. The van der Waals surface area contributed by atoms with Gasteiger partial charge in [0.1, 0.15) is 0 Å². The number of aliphatic hydroxyl groups is 1. The fourth-order valence-electron chi connectivity index (χ4n) is 3.34. The molecule has 4 heteroatoms. The summed E-state index contributed by atoms with van der Waals surface area (Å²) in [5.74, 6) is 0.243. The summed E-state index contributed by atoms with van der Waals surface area (Å²) in [5.41, 5.74) is 4.85. The van der Waals surface area contributed by atoms with E-state index in [1.807, 2.05) is 12.1 Å². The second kappa shape index (κ2) is 8.85. The Balaban J connectivity index is 0.000000960. The van der Waals surface area contributed by atoms with Crippen molar-refractivity contribution in [2.24, 2.45) is 0 Å². The number of halogens is 2. The van der Waals surface area contributed by atoms with Crippen LogP contribution in [0.3, 0.4) is 0 Å². The maximum atomic E-state index is 9.90. The molecule has 1 nitrogen and oxygen atoms in total. The summed E-state index contributed by atoms with van der Waals surface area (Å²) in [7, 11) is 0. The van der Waals surface area contributed by atoms with Gasteiger partial charge in [0.25, 0.3) is 0 Å². The molecule has 0 bridgehead atoms. The van der Waals surface area contributed by atoms with E-state index in [1.165, 1.54) is 22.1 Å². The molecular weight excluding hydrogens is 375 g/mol. The minimum atomic E-state index is 0. The minimum Gasteiger partial charge on any atom is -1.00 e. The predicted molar refractivity (Wildman–Crippen MR) is 87.2 cm³/mol. The van der Waals surface area contributed by atoms with Gasteiger partial charge in [0.05, 0.1) is 6.61 Å². The van der Waals surface area contributed by atoms with Crippen LogP contribution < -0.4 is 24.8 Å². The monoisotopic (exact) mass is 390 g/mol. The predicted octanol–water partition coefficient (Wildman–Crippen LogP) is -1.50. The molecule has 0 saturated carbocycles. The Morgan fingerprint density at radius 2 is 1.50 bits per heavy atom. The van der Waals surface area contributed by atoms with Crippen molar-refractivity contribution in [1.29, 1.82) is 0 Å². The summed E-state index contributed by atoms with van der Waals surface area (Å²) in [6.07, 6.45) is 4.41. The fourth-order valence-corrected chi connectivity index (χ4v) is 3.34. The van der Waals surface area contributed by atoms with Gasteiger partial charge in [-0.15, -0.1) is 0 Å². The van der Waals surface area contributed by atoms with Crippen LogP contribution in [0.4, 0.5) is 0 Å². The molecule has 3 aromatic carbocycles. The zero-order chi connectivity index (χ0) is 14.2. The van der Waals surface area contributed by atoms with E-state index in [9.17, 15) is 5.11 Å². The van der Waals surface area contributed by atoms with Gasteiger partial charge in [-0.1, -0.05) is 72.8 Å². The molecule has 4 rings (SSSR count). The van der Waals surface area contributed by atoms with Crippen molar-refractivity contribution in [3.63, 3.8) is 0 Å². The number of fused-ring (bicyclic) bond motifs is 2. The molecule has 0 saturated heterocycles. The van der Waals surface area contributed by atoms with Gasteiger partial charge < -0.3 is 29.9 Å². The maximum absolute atomic E-state index is 9.90. The van der Waals surface area contributed by atoms with Crippen molar-refractivity contribution in [2.75, 3.05) is 0 Å². The van der Waals surface area contributed by atoms with Crippen LogP contribution in [-0.2, 0) is 28.3 Å². The molecule has 120 valence electrons. The normalized spacial score (nSPS) is 14.3. The van der Waals surface area contributed by atoms with Crippen LogP contribution in [0.15, 0.2) is 66.7 Å². The van der Waals surface area contributed by atoms with E-state index >= 15 is 0 Å². The third-order valence-corrected chi connectivity index (χ3v) is 4.37. The fraction of sp³-hybridized carbons (Fsp3) is 0.100. The van der Waals surface area contributed by atoms with Crippen molar-refractivity contribution in [3.8, 4) is 0 Å². The van der Waals surface area contributed by atoms with E-state index in [0.717, 1.165) is 10.9 Å². The summed E-state index contributed by atoms with van der Waals surface area (Å²) in [6, 6.07) is 21.0. The van der Waals surface area contributed by atoms with Crippen molar-refractivity contribution in [2.45, 2.75) is 12.5 Å². The first-order chi connectivity index (χ1) is 10.4. The Bertz CT molecular complexity index is 861.